The summed E-state index contributed by atoms with van der Waals surface area (Å²) in [7, 11) is 1.30. The molecule has 1 N–H and O–H groups in total. The molecule has 0 bridgehead atoms. The first kappa shape index (κ1) is 14.8. The van der Waals surface area contributed by atoms with Crippen molar-refractivity contribution in [3.05, 3.63) is 33.9 Å². The Morgan fingerprint density at radius 2 is 2.14 bits per heavy atom. The van der Waals surface area contributed by atoms with Gasteiger partial charge in [0.05, 0.1) is 23.7 Å². The third-order valence-electron chi connectivity index (χ3n) is 3.18. The normalized spacial score (nSPS) is 13.6. The number of hydrogen-bond acceptors (Lipinski definition) is 5. The molecule has 2 rings (SSSR count). The second-order valence-electron chi connectivity index (χ2n) is 4.70. The van der Waals surface area contributed by atoms with Gasteiger partial charge in [0.2, 0.25) is 0 Å². The number of nitro groups is 1. The van der Waals surface area contributed by atoms with Gasteiger partial charge in [0.15, 0.2) is 0 Å². The minimum atomic E-state index is -1.10. The number of ether oxygens (including phenoxy) is 1. The largest absolute Gasteiger partial charge is 0.496 e. The monoisotopic (exact) mass is 294 g/mol. The first-order chi connectivity index (χ1) is 9.93. The van der Waals surface area contributed by atoms with Crippen molar-refractivity contribution in [2.75, 3.05) is 13.7 Å². The van der Waals surface area contributed by atoms with Gasteiger partial charge in [0.1, 0.15) is 12.3 Å². The molecule has 1 saturated carbocycles. The standard InChI is InChI=1S/C13H14N2O6/c1-21-11-6-9(15(19)20)4-5-10(11)13(18)14(7-12(16)17)8-2-3-8/h4-6,8H,2-3,7H2,1H3,(H,16,17). The lowest BCUT2D eigenvalue weighted by atomic mass is 10.1. The first-order valence-corrected chi connectivity index (χ1v) is 6.29. The van der Waals surface area contributed by atoms with Gasteiger partial charge in [-0.3, -0.25) is 19.7 Å². The van der Waals surface area contributed by atoms with Gasteiger partial charge in [-0.1, -0.05) is 0 Å². The lowest BCUT2D eigenvalue weighted by molar-refractivity contribution is -0.384. The number of carbonyl (C=O) groups is 2. The lowest BCUT2D eigenvalue weighted by Gasteiger charge is -2.21. The van der Waals surface area contributed by atoms with Crippen molar-refractivity contribution >= 4 is 17.6 Å². The van der Waals surface area contributed by atoms with Gasteiger partial charge in [-0.05, 0) is 18.9 Å². The number of amides is 1. The fourth-order valence-electron chi connectivity index (χ4n) is 2.02. The van der Waals surface area contributed by atoms with Crippen LogP contribution in [0.2, 0.25) is 0 Å². The predicted octanol–water partition coefficient (Wildman–Crippen LogP) is 1.29. The molecule has 21 heavy (non-hydrogen) atoms. The van der Waals surface area contributed by atoms with Crippen molar-refractivity contribution in [3.8, 4) is 5.75 Å². The fraction of sp³-hybridized carbons (Fsp3) is 0.385. The van der Waals surface area contributed by atoms with Gasteiger partial charge >= 0.3 is 5.97 Å². The van der Waals surface area contributed by atoms with E-state index in [1.165, 1.54) is 24.1 Å². The number of carboxylic acid groups (broad SMARTS) is 1. The van der Waals surface area contributed by atoms with Crippen LogP contribution in [0.15, 0.2) is 18.2 Å². The average Bonchev–Trinajstić information content (AvgIpc) is 3.27. The third-order valence-corrected chi connectivity index (χ3v) is 3.18. The molecule has 1 aromatic rings. The van der Waals surface area contributed by atoms with Gasteiger partial charge < -0.3 is 14.7 Å². The van der Waals surface area contributed by atoms with Crippen molar-refractivity contribution in [2.24, 2.45) is 0 Å². The van der Waals surface area contributed by atoms with Crippen molar-refractivity contribution in [1.29, 1.82) is 0 Å². The van der Waals surface area contributed by atoms with Crippen molar-refractivity contribution in [1.82, 2.24) is 4.90 Å². The maximum atomic E-state index is 12.4. The van der Waals surface area contributed by atoms with Crippen LogP contribution in [-0.2, 0) is 4.79 Å². The molecular weight excluding hydrogens is 280 g/mol. The van der Waals surface area contributed by atoms with Crippen molar-refractivity contribution < 1.29 is 24.4 Å². The smallest absolute Gasteiger partial charge is 0.323 e. The molecule has 0 heterocycles. The summed E-state index contributed by atoms with van der Waals surface area (Å²) in [4.78, 5) is 34.7. The Labute approximate surface area is 120 Å². The highest BCUT2D eigenvalue weighted by atomic mass is 16.6. The van der Waals surface area contributed by atoms with Crippen LogP contribution in [0, 0.1) is 10.1 Å². The number of rotatable bonds is 6. The number of nitro benzene ring substituents is 1. The molecule has 0 aromatic heterocycles. The van der Waals surface area contributed by atoms with Crippen LogP contribution in [-0.4, -0.2) is 46.5 Å². The Morgan fingerprint density at radius 3 is 2.62 bits per heavy atom. The number of carboxylic acids is 1. The summed E-state index contributed by atoms with van der Waals surface area (Å²) in [5, 5.41) is 19.6. The molecule has 0 atom stereocenters. The zero-order valence-electron chi connectivity index (χ0n) is 11.3. The number of aliphatic carboxylic acids is 1. The third kappa shape index (κ3) is 3.28. The van der Waals surface area contributed by atoms with Crippen LogP contribution in [0.1, 0.15) is 23.2 Å². The first-order valence-electron chi connectivity index (χ1n) is 6.29. The summed E-state index contributed by atoms with van der Waals surface area (Å²) < 4.78 is 5.01. The topological polar surface area (TPSA) is 110 Å². The average molecular weight is 294 g/mol. The van der Waals surface area contributed by atoms with E-state index in [1.54, 1.807) is 0 Å². The Bertz CT molecular complexity index is 596. The Hall–Kier alpha value is -2.64. The molecular formula is C13H14N2O6. The molecule has 0 aliphatic heterocycles. The van der Waals surface area contributed by atoms with Gasteiger partial charge in [0.25, 0.3) is 11.6 Å². The molecule has 1 aliphatic carbocycles. The molecule has 1 aliphatic rings. The molecule has 0 unspecified atom stereocenters. The van der Waals surface area contributed by atoms with E-state index in [0.717, 1.165) is 18.9 Å². The Balaban J connectivity index is 2.32. The zero-order chi connectivity index (χ0) is 15.6. The maximum Gasteiger partial charge on any atom is 0.323 e. The van der Waals surface area contributed by atoms with E-state index in [0.29, 0.717) is 0 Å². The van der Waals surface area contributed by atoms with Crippen LogP contribution in [0.25, 0.3) is 0 Å². The number of nitrogens with zero attached hydrogens (tertiary/aromatic N) is 2. The number of carbonyl (C=O) groups excluding carboxylic acids is 1. The molecule has 8 heteroatoms. The Kier molecular flexibility index (Phi) is 4.06. The lowest BCUT2D eigenvalue weighted by Crippen LogP contribution is -2.37. The summed E-state index contributed by atoms with van der Waals surface area (Å²) in [5.41, 5.74) is -0.0733. The van der Waals surface area contributed by atoms with E-state index in [1.807, 2.05) is 0 Å². The molecule has 0 spiro atoms. The van der Waals surface area contributed by atoms with E-state index >= 15 is 0 Å². The summed E-state index contributed by atoms with van der Waals surface area (Å²) in [6.45, 7) is -0.399. The number of non-ortho nitro benzene ring substituents is 1. The van der Waals surface area contributed by atoms with E-state index in [4.69, 9.17) is 9.84 Å². The molecule has 1 aromatic carbocycles. The van der Waals surface area contributed by atoms with Gasteiger partial charge in [-0.25, -0.2) is 0 Å². The number of hydrogen-bond donors (Lipinski definition) is 1. The van der Waals surface area contributed by atoms with Crippen molar-refractivity contribution in [3.63, 3.8) is 0 Å². The second kappa shape index (κ2) is 5.78. The van der Waals surface area contributed by atoms with Crippen LogP contribution >= 0.6 is 0 Å². The van der Waals surface area contributed by atoms with E-state index < -0.39 is 23.3 Å². The summed E-state index contributed by atoms with van der Waals surface area (Å²) in [6, 6.07) is 3.55. The van der Waals surface area contributed by atoms with E-state index in [9.17, 15) is 19.7 Å². The van der Waals surface area contributed by atoms with E-state index in [2.05, 4.69) is 0 Å². The molecule has 0 saturated heterocycles. The molecule has 112 valence electrons. The van der Waals surface area contributed by atoms with Crippen LogP contribution in [0.4, 0.5) is 5.69 Å². The minimum Gasteiger partial charge on any atom is -0.496 e. The molecule has 0 radical (unpaired) electrons. The van der Waals surface area contributed by atoms with Crippen LogP contribution < -0.4 is 4.74 Å². The highest BCUT2D eigenvalue weighted by Crippen LogP contribution is 2.31. The molecule has 1 amide bonds. The van der Waals surface area contributed by atoms with Gasteiger partial charge in [-0.15, -0.1) is 0 Å². The summed E-state index contributed by atoms with van der Waals surface area (Å²) >= 11 is 0. The Morgan fingerprint density at radius 1 is 1.48 bits per heavy atom. The van der Waals surface area contributed by atoms with Gasteiger partial charge in [-0.2, -0.15) is 0 Å². The highest BCUT2D eigenvalue weighted by Gasteiger charge is 2.35. The fourth-order valence-corrected chi connectivity index (χ4v) is 2.02. The van der Waals surface area contributed by atoms with Crippen molar-refractivity contribution in [2.45, 2.75) is 18.9 Å². The predicted molar refractivity (Wildman–Crippen MR) is 71.3 cm³/mol. The molecule has 8 nitrogen and oxygen atoms in total. The summed E-state index contributed by atoms with van der Waals surface area (Å²) in [6.07, 6.45) is 1.52. The zero-order valence-corrected chi connectivity index (χ0v) is 11.3. The van der Waals surface area contributed by atoms with Crippen LogP contribution in [0.5, 0.6) is 5.75 Å². The van der Waals surface area contributed by atoms with Crippen LogP contribution in [0.3, 0.4) is 0 Å². The summed E-state index contributed by atoms with van der Waals surface area (Å²) in [5.74, 6) is -1.53. The quantitative estimate of drug-likeness (QED) is 0.625. The SMILES string of the molecule is COc1cc([N+](=O)[O-])ccc1C(=O)N(CC(=O)O)C1CC1. The number of methoxy groups -OCH3 is 1. The molecule has 1 fully saturated rings. The van der Waals surface area contributed by atoms with E-state index in [-0.39, 0.29) is 23.0 Å². The van der Waals surface area contributed by atoms with Gasteiger partial charge in [0, 0.05) is 12.1 Å². The second-order valence-corrected chi connectivity index (χ2v) is 4.70. The highest BCUT2D eigenvalue weighted by molar-refractivity contribution is 5.99. The minimum absolute atomic E-state index is 0.0604. The maximum absolute atomic E-state index is 12.4. The number of benzene rings is 1.